The van der Waals surface area contributed by atoms with Crippen molar-refractivity contribution >= 4 is 11.6 Å². The molecule has 0 amide bonds. The van der Waals surface area contributed by atoms with Crippen molar-refractivity contribution in [2.45, 2.75) is 12.3 Å². The van der Waals surface area contributed by atoms with Crippen LogP contribution in [-0.2, 0) is 18.9 Å². The SMILES string of the molecule is ClCC1COC2(OCCO2)O1. The average Bonchev–Trinajstić information content (AvgIpc) is 2.62. The standard InChI is InChI=1S/C6H9ClO4/c7-3-5-4-10-6(11-5)8-1-2-9-6/h5H,1-4H2. The van der Waals surface area contributed by atoms with E-state index in [1.807, 2.05) is 0 Å². The summed E-state index contributed by atoms with van der Waals surface area (Å²) < 4.78 is 20.6. The van der Waals surface area contributed by atoms with Crippen LogP contribution in [0.25, 0.3) is 0 Å². The Morgan fingerprint density at radius 2 is 2.00 bits per heavy atom. The van der Waals surface area contributed by atoms with Crippen LogP contribution in [0.5, 0.6) is 0 Å². The molecule has 0 aromatic heterocycles. The molecule has 1 atom stereocenters. The average molecular weight is 181 g/mol. The van der Waals surface area contributed by atoms with E-state index in [1.165, 1.54) is 0 Å². The van der Waals surface area contributed by atoms with Gasteiger partial charge in [0.25, 0.3) is 0 Å². The van der Waals surface area contributed by atoms with E-state index in [0.29, 0.717) is 25.7 Å². The van der Waals surface area contributed by atoms with E-state index >= 15 is 0 Å². The maximum Gasteiger partial charge on any atom is 0.413 e. The third-order valence-corrected chi connectivity index (χ3v) is 1.91. The summed E-state index contributed by atoms with van der Waals surface area (Å²) in [6.45, 7) is 1.45. The molecule has 0 bridgehead atoms. The van der Waals surface area contributed by atoms with Crippen LogP contribution in [0.2, 0.25) is 0 Å². The van der Waals surface area contributed by atoms with Crippen molar-refractivity contribution in [2.24, 2.45) is 0 Å². The second kappa shape index (κ2) is 2.88. The molecule has 1 unspecified atom stereocenters. The van der Waals surface area contributed by atoms with E-state index in [-0.39, 0.29) is 6.10 Å². The van der Waals surface area contributed by atoms with E-state index in [1.54, 1.807) is 0 Å². The van der Waals surface area contributed by atoms with Gasteiger partial charge >= 0.3 is 6.16 Å². The lowest BCUT2D eigenvalue weighted by Crippen LogP contribution is -2.31. The monoisotopic (exact) mass is 180 g/mol. The van der Waals surface area contributed by atoms with Gasteiger partial charge in [-0.05, 0) is 0 Å². The smallest absolute Gasteiger partial charge is 0.301 e. The third-order valence-electron chi connectivity index (χ3n) is 1.57. The van der Waals surface area contributed by atoms with Crippen molar-refractivity contribution in [1.82, 2.24) is 0 Å². The molecule has 0 saturated carbocycles. The molecule has 1 spiro atoms. The van der Waals surface area contributed by atoms with Crippen LogP contribution in [0.3, 0.4) is 0 Å². The minimum atomic E-state index is -1.22. The van der Waals surface area contributed by atoms with Crippen molar-refractivity contribution in [3.63, 3.8) is 0 Å². The fraction of sp³-hybridized carbons (Fsp3) is 1.00. The van der Waals surface area contributed by atoms with Gasteiger partial charge in [-0.15, -0.1) is 11.6 Å². The number of hydrogen-bond donors (Lipinski definition) is 0. The number of hydrogen-bond acceptors (Lipinski definition) is 4. The van der Waals surface area contributed by atoms with Gasteiger partial charge in [0, 0.05) is 0 Å². The summed E-state index contributed by atoms with van der Waals surface area (Å²) in [6, 6.07) is 0. The normalized spacial score (nSPS) is 35.2. The molecule has 0 aromatic carbocycles. The molecule has 5 heteroatoms. The van der Waals surface area contributed by atoms with Crippen molar-refractivity contribution < 1.29 is 18.9 Å². The molecule has 0 N–H and O–H groups in total. The summed E-state index contributed by atoms with van der Waals surface area (Å²) in [5, 5.41) is 0. The molecule has 0 aliphatic carbocycles. The Bertz CT molecular complexity index is 146. The minimum absolute atomic E-state index is 0.116. The summed E-state index contributed by atoms with van der Waals surface area (Å²) in [5.74, 6) is 0.397. The lowest BCUT2D eigenvalue weighted by atomic mass is 10.4. The van der Waals surface area contributed by atoms with Crippen LogP contribution in [0, 0.1) is 0 Å². The van der Waals surface area contributed by atoms with Crippen LogP contribution < -0.4 is 0 Å². The zero-order chi connectivity index (χ0) is 7.73. The van der Waals surface area contributed by atoms with Crippen molar-refractivity contribution in [2.75, 3.05) is 25.7 Å². The Balaban J connectivity index is 1.96. The van der Waals surface area contributed by atoms with E-state index in [9.17, 15) is 0 Å². The predicted octanol–water partition coefficient (Wildman–Crippen LogP) is 0.299. The molecule has 0 aromatic rings. The number of alkyl halides is 1. The number of halogens is 1. The molecule has 2 saturated heterocycles. The zero-order valence-electron chi connectivity index (χ0n) is 5.92. The fourth-order valence-corrected chi connectivity index (χ4v) is 1.22. The fourth-order valence-electron chi connectivity index (χ4n) is 1.07. The Kier molecular flexibility index (Phi) is 2.03. The summed E-state index contributed by atoms with van der Waals surface area (Å²) in [4.78, 5) is 0. The van der Waals surface area contributed by atoms with E-state index < -0.39 is 6.16 Å². The van der Waals surface area contributed by atoms with Gasteiger partial charge in [-0.1, -0.05) is 0 Å². The van der Waals surface area contributed by atoms with Gasteiger partial charge in [0.05, 0.1) is 25.7 Å². The largest absolute Gasteiger partial charge is 0.413 e. The highest BCUT2D eigenvalue weighted by Crippen LogP contribution is 2.30. The molecule has 2 rings (SSSR count). The van der Waals surface area contributed by atoms with Gasteiger partial charge < -0.3 is 14.2 Å². The molecule has 2 aliphatic rings. The van der Waals surface area contributed by atoms with Crippen molar-refractivity contribution in [3.8, 4) is 0 Å². The van der Waals surface area contributed by atoms with Crippen LogP contribution >= 0.6 is 11.6 Å². The van der Waals surface area contributed by atoms with Gasteiger partial charge in [0.15, 0.2) is 0 Å². The van der Waals surface area contributed by atoms with Crippen LogP contribution in [-0.4, -0.2) is 38.0 Å². The van der Waals surface area contributed by atoms with Gasteiger partial charge in [-0.25, -0.2) is 0 Å². The van der Waals surface area contributed by atoms with Crippen molar-refractivity contribution in [1.29, 1.82) is 0 Å². The number of ether oxygens (including phenoxy) is 4. The third kappa shape index (κ3) is 1.37. The quantitative estimate of drug-likeness (QED) is 0.544. The molecule has 64 valence electrons. The highest BCUT2D eigenvalue weighted by Gasteiger charge is 2.47. The second-order valence-corrected chi connectivity index (χ2v) is 2.71. The Morgan fingerprint density at radius 3 is 2.55 bits per heavy atom. The summed E-state index contributed by atoms with van der Waals surface area (Å²) in [5.41, 5.74) is 0. The molecule has 11 heavy (non-hydrogen) atoms. The van der Waals surface area contributed by atoms with E-state index in [2.05, 4.69) is 0 Å². The molecule has 2 aliphatic heterocycles. The summed E-state index contributed by atoms with van der Waals surface area (Å²) in [6.07, 6.45) is -1.34. The molecular weight excluding hydrogens is 172 g/mol. The Morgan fingerprint density at radius 1 is 1.27 bits per heavy atom. The van der Waals surface area contributed by atoms with Gasteiger partial charge in [-0.3, -0.25) is 4.74 Å². The maximum absolute atomic E-state index is 5.55. The lowest BCUT2D eigenvalue weighted by molar-refractivity contribution is -0.425. The highest BCUT2D eigenvalue weighted by atomic mass is 35.5. The first-order valence-electron chi connectivity index (χ1n) is 3.50. The minimum Gasteiger partial charge on any atom is -0.301 e. The molecule has 2 heterocycles. The van der Waals surface area contributed by atoms with E-state index in [0.717, 1.165) is 0 Å². The Labute approximate surface area is 69.3 Å². The Hall–Kier alpha value is 0.130. The first-order chi connectivity index (χ1) is 5.35. The predicted molar refractivity (Wildman–Crippen MR) is 36.2 cm³/mol. The van der Waals surface area contributed by atoms with Gasteiger partial charge in [0.2, 0.25) is 0 Å². The topological polar surface area (TPSA) is 36.9 Å². The van der Waals surface area contributed by atoms with Gasteiger partial charge in [-0.2, -0.15) is 0 Å². The van der Waals surface area contributed by atoms with Crippen molar-refractivity contribution in [3.05, 3.63) is 0 Å². The lowest BCUT2D eigenvalue weighted by Gasteiger charge is -2.17. The second-order valence-electron chi connectivity index (χ2n) is 2.40. The summed E-state index contributed by atoms with van der Waals surface area (Å²) in [7, 11) is 0. The van der Waals surface area contributed by atoms with Crippen LogP contribution in [0.15, 0.2) is 0 Å². The highest BCUT2D eigenvalue weighted by molar-refractivity contribution is 6.18. The number of rotatable bonds is 1. The van der Waals surface area contributed by atoms with Crippen LogP contribution in [0.1, 0.15) is 0 Å². The summed E-state index contributed by atoms with van der Waals surface area (Å²) >= 11 is 5.55. The molecule has 0 radical (unpaired) electrons. The van der Waals surface area contributed by atoms with Crippen LogP contribution in [0.4, 0.5) is 0 Å². The maximum atomic E-state index is 5.55. The van der Waals surface area contributed by atoms with Gasteiger partial charge in [0.1, 0.15) is 6.10 Å². The first-order valence-corrected chi connectivity index (χ1v) is 4.04. The molecule has 4 nitrogen and oxygen atoms in total. The molecule has 2 fully saturated rings. The molecular formula is C6H9ClO4. The zero-order valence-corrected chi connectivity index (χ0v) is 6.67. The first kappa shape index (κ1) is 7.76. The van der Waals surface area contributed by atoms with E-state index in [4.69, 9.17) is 30.5 Å².